The fraction of sp³-hybridized carbons (Fsp3) is 0.571. The summed E-state index contributed by atoms with van der Waals surface area (Å²) in [6.07, 6.45) is 2.19. The summed E-state index contributed by atoms with van der Waals surface area (Å²) in [5.41, 5.74) is 0. The first-order valence-corrected chi connectivity index (χ1v) is 6.33. The van der Waals surface area contributed by atoms with Crippen LogP contribution in [0.4, 0.5) is 0 Å². The Morgan fingerprint density at radius 3 is 2.88 bits per heavy atom. The molecule has 3 nitrogen and oxygen atoms in total. The van der Waals surface area contributed by atoms with Crippen LogP contribution >= 0.6 is 0 Å². The lowest BCUT2D eigenvalue weighted by atomic mass is 9.97. The van der Waals surface area contributed by atoms with Crippen LogP contribution < -0.4 is 10.1 Å². The first kappa shape index (κ1) is 12.4. The summed E-state index contributed by atoms with van der Waals surface area (Å²) < 4.78 is 11.1. The zero-order chi connectivity index (χ0) is 11.9. The monoisotopic (exact) mass is 235 g/mol. The number of para-hydroxylation sites is 1. The lowest BCUT2D eigenvalue weighted by Crippen LogP contribution is -2.35. The van der Waals surface area contributed by atoms with E-state index in [9.17, 15) is 0 Å². The molecule has 0 aromatic heterocycles. The maximum atomic E-state index is 5.72. The molecule has 0 radical (unpaired) electrons. The van der Waals surface area contributed by atoms with Crippen molar-refractivity contribution in [1.29, 1.82) is 0 Å². The minimum Gasteiger partial charge on any atom is -0.494 e. The molecule has 2 atom stereocenters. The molecule has 1 heterocycles. The van der Waals surface area contributed by atoms with E-state index in [1.165, 1.54) is 0 Å². The molecule has 1 aliphatic heterocycles. The third kappa shape index (κ3) is 3.72. The molecule has 1 fully saturated rings. The second kappa shape index (κ2) is 6.62. The van der Waals surface area contributed by atoms with Gasteiger partial charge in [-0.25, -0.2) is 0 Å². The molecule has 3 heteroatoms. The Morgan fingerprint density at radius 2 is 2.24 bits per heavy atom. The van der Waals surface area contributed by atoms with Gasteiger partial charge in [0.25, 0.3) is 0 Å². The normalized spacial score (nSPS) is 21.4. The van der Waals surface area contributed by atoms with Gasteiger partial charge in [0.1, 0.15) is 5.75 Å². The molecule has 1 saturated heterocycles. The summed E-state index contributed by atoms with van der Waals surface area (Å²) in [6.45, 7) is 2.55. The fourth-order valence-electron chi connectivity index (χ4n) is 2.31. The number of benzene rings is 1. The van der Waals surface area contributed by atoms with E-state index in [1.54, 1.807) is 0 Å². The molecular formula is C14H21NO2. The number of nitrogens with one attached hydrogen (secondary N) is 1. The van der Waals surface area contributed by atoms with Crippen LogP contribution in [-0.4, -0.2) is 32.9 Å². The zero-order valence-corrected chi connectivity index (χ0v) is 10.4. The van der Waals surface area contributed by atoms with E-state index in [0.717, 1.165) is 38.4 Å². The molecule has 17 heavy (non-hydrogen) atoms. The van der Waals surface area contributed by atoms with Gasteiger partial charge in [0.05, 0.1) is 13.2 Å². The van der Waals surface area contributed by atoms with Gasteiger partial charge in [-0.3, -0.25) is 0 Å². The minimum atomic E-state index is 0.501. The molecule has 2 rings (SSSR count). The van der Waals surface area contributed by atoms with Crippen molar-refractivity contribution in [1.82, 2.24) is 5.32 Å². The predicted molar refractivity (Wildman–Crippen MR) is 68.3 cm³/mol. The van der Waals surface area contributed by atoms with Gasteiger partial charge in [-0.15, -0.1) is 0 Å². The van der Waals surface area contributed by atoms with Crippen molar-refractivity contribution in [3.63, 3.8) is 0 Å². The van der Waals surface area contributed by atoms with Crippen LogP contribution in [0.3, 0.4) is 0 Å². The van der Waals surface area contributed by atoms with E-state index in [1.807, 2.05) is 37.4 Å². The number of hydrogen-bond acceptors (Lipinski definition) is 3. The summed E-state index contributed by atoms with van der Waals surface area (Å²) in [5, 5.41) is 3.37. The lowest BCUT2D eigenvalue weighted by Gasteiger charge is -2.21. The summed E-state index contributed by atoms with van der Waals surface area (Å²) >= 11 is 0. The zero-order valence-electron chi connectivity index (χ0n) is 10.4. The first-order valence-electron chi connectivity index (χ1n) is 6.33. The van der Waals surface area contributed by atoms with Crippen LogP contribution in [-0.2, 0) is 4.74 Å². The van der Waals surface area contributed by atoms with Crippen molar-refractivity contribution in [3.8, 4) is 5.75 Å². The standard InChI is InChI=1S/C14H21NO2/c1-15-14(12-7-9-16-11-12)8-10-17-13-5-3-2-4-6-13/h2-6,12,14-15H,7-11H2,1H3. The van der Waals surface area contributed by atoms with Gasteiger partial charge >= 0.3 is 0 Å². The molecule has 1 aromatic rings. The highest BCUT2D eigenvalue weighted by Crippen LogP contribution is 2.19. The Balaban J connectivity index is 1.72. The van der Waals surface area contributed by atoms with Crippen molar-refractivity contribution in [2.45, 2.75) is 18.9 Å². The largest absolute Gasteiger partial charge is 0.494 e. The molecule has 1 N–H and O–H groups in total. The van der Waals surface area contributed by atoms with Crippen LogP contribution in [0, 0.1) is 5.92 Å². The van der Waals surface area contributed by atoms with Crippen LogP contribution in [0.5, 0.6) is 5.75 Å². The van der Waals surface area contributed by atoms with Crippen LogP contribution in [0.15, 0.2) is 30.3 Å². The minimum absolute atomic E-state index is 0.501. The third-order valence-corrected chi connectivity index (χ3v) is 3.35. The van der Waals surface area contributed by atoms with Crippen molar-refractivity contribution in [2.24, 2.45) is 5.92 Å². The lowest BCUT2D eigenvalue weighted by molar-refractivity contribution is 0.172. The molecule has 0 aliphatic carbocycles. The topological polar surface area (TPSA) is 30.5 Å². The van der Waals surface area contributed by atoms with Gasteiger partial charge in [0.15, 0.2) is 0 Å². The molecule has 1 aliphatic rings. The Morgan fingerprint density at radius 1 is 1.41 bits per heavy atom. The summed E-state index contributed by atoms with van der Waals surface area (Å²) in [5.74, 6) is 1.59. The van der Waals surface area contributed by atoms with Gasteiger partial charge in [0, 0.05) is 12.6 Å². The van der Waals surface area contributed by atoms with E-state index in [2.05, 4.69) is 5.32 Å². The average molecular weight is 235 g/mol. The van der Waals surface area contributed by atoms with Crippen LogP contribution in [0.1, 0.15) is 12.8 Å². The summed E-state index contributed by atoms with van der Waals surface area (Å²) in [6, 6.07) is 10.5. The maximum Gasteiger partial charge on any atom is 0.119 e. The van der Waals surface area contributed by atoms with Crippen molar-refractivity contribution >= 4 is 0 Å². The molecular weight excluding hydrogens is 214 g/mol. The highest BCUT2D eigenvalue weighted by atomic mass is 16.5. The predicted octanol–water partition coefficient (Wildman–Crippen LogP) is 2.08. The van der Waals surface area contributed by atoms with Crippen LogP contribution in [0.25, 0.3) is 0 Å². The Kier molecular flexibility index (Phi) is 4.83. The van der Waals surface area contributed by atoms with Crippen LogP contribution in [0.2, 0.25) is 0 Å². The molecule has 0 saturated carbocycles. The second-order valence-electron chi connectivity index (χ2n) is 4.47. The van der Waals surface area contributed by atoms with E-state index in [0.29, 0.717) is 12.0 Å². The van der Waals surface area contributed by atoms with E-state index >= 15 is 0 Å². The third-order valence-electron chi connectivity index (χ3n) is 3.35. The van der Waals surface area contributed by atoms with Gasteiger partial charge < -0.3 is 14.8 Å². The van der Waals surface area contributed by atoms with Crippen molar-refractivity contribution < 1.29 is 9.47 Å². The smallest absolute Gasteiger partial charge is 0.119 e. The van der Waals surface area contributed by atoms with Gasteiger partial charge in [0.2, 0.25) is 0 Å². The SMILES string of the molecule is CNC(CCOc1ccccc1)C1CCOC1. The van der Waals surface area contributed by atoms with Crippen molar-refractivity contribution in [2.75, 3.05) is 26.9 Å². The summed E-state index contributed by atoms with van der Waals surface area (Å²) in [4.78, 5) is 0. The first-order chi connectivity index (χ1) is 8.40. The van der Waals surface area contributed by atoms with E-state index in [4.69, 9.17) is 9.47 Å². The maximum absolute atomic E-state index is 5.72. The number of rotatable bonds is 6. The van der Waals surface area contributed by atoms with Gasteiger partial charge in [-0.2, -0.15) is 0 Å². The van der Waals surface area contributed by atoms with E-state index < -0.39 is 0 Å². The molecule has 2 unspecified atom stereocenters. The van der Waals surface area contributed by atoms with E-state index in [-0.39, 0.29) is 0 Å². The highest BCUT2D eigenvalue weighted by Gasteiger charge is 2.24. The summed E-state index contributed by atoms with van der Waals surface area (Å²) in [7, 11) is 2.02. The quantitative estimate of drug-likeness (QED) is 0.819. The average Bonchev–Trinajstić information content (AvgIpc) is 2.90. The molecule has 94 valence electrons. The molecule has 0 bridgehead atoms. The molecule has 0 amide bonds. The molecule has 1 aromatic carbocycles. The number of ether oxygens (including phenoxy) is 2. The molecule has 0 spiro atoms. The Hall–Kier alpha value is -1.06. The Labute approximate surface area is 103 Å². The Bertz CT molecular complexity index is 309. The number of hydrogen-bond donors (Lipinski definition) is 1. The van der Waals surface area contributed by atoms with Gasteiger partial charge in [-0.05, 0) is 37.9 Å². The fourth-order valence-corrected chi connectivity index (χ4v) is 2.31. The van der Waals surface area contributed by atoms with Gasteiger partial charge in [-0.1, -0.05) is 18.2 Å². The second-order valence-corrected chi connectivity index (χ2v) is 4.47. The highest BCUT2D eigenvalue weighted by molar-refractivity contribution is 5.20. The van der Waals surface area contributed by atoms with Crippen molar-refractivity contribution in [3.05, 3.63) is 30.3 Å².